The van der Waals surface area contributed by atoms with Crippen molar-refractivity contribution in [3.63, 3.8) is 0 Å². The van der Waals surface area contributed by atoms with E-state index in [1.54, 1.807) is 6.20 Å². The molecule has 1 saturated carbocycles. The highest BCUT2D eigenvalue weighted by atomic mass is 16.2. The molecule has 0 spiro atoms. The number of primary amides is 1. The van der Waals surface area contributed by atoms with Gasteiger partial charge in [0.2, 0.25) is 11.8 Å². The van der Waals surface area contributed by atoms with Crippen LogP contribution in [0.5, 0.6) is 0 Å². The Kier molecular flexibility index (Phi) is 3.93. The van der Waals surface area contributed by atoms with Crippen LogP contribution in [-0.2, 0) is 16.1 Å². The van der Waals surface area contributed by atoms with Crippen molar-refractivity contribution in [1.29, 1.82) is 0 Å². The number of rotatable bonds is 7. The lowest BCUT2D eigenvalue weighted by molar-refractivity contribution is -0.118. The van der Waals surface area contributed by atoms with Crippen molar-refractivity contribution < 1.29 is 9.59 Å². The summed E-state index contributed by atoms with van der Waals surface area (Å²) in [7, 11) is 0. The predicted octanol–water partition coefficient (Wildman–Crippen LogP) is -0.694. The van der Waals surface area contributed by atoms with E-state index < -0.39 is 5.91 Å². The summed E-state index contributed by atoms with van der Waals surface area (Å²) in [4.78, 5) is 22.2. The van der Waals surface area contributed by atoms with Gasteiger partial charge >= 0.3 is 0 Å². The van der Waals surface area contributed by atoms with Crippen LogP contribution < -0.4 is 16.4 Å². The molecule has 1 aliphatic carbocycles. The first-order valence-corrected chi connectivity index (χ1v) is 5.95. The number of amides is 2. The highest BCUT2D eigenvalue weighted by molar-refractivity contribution is 5.92. The highest BCUT2D eigenvalue weighted by Gasteiger charge is 2.20. The zero-order valence-electron chi connectivity index (χ0n) is 10.1. The molecule has 7 heteroatoms. The Hall–Kier alpha value is -1.89. The van der Waals surface area contributed by atoms with Gasteiger partial charge in [-0.25, -0.2) is 0 Å². The van der Waals surface area contributed by atoms with E-state index in [4.69, 9.17) is 5.73 Å². The van der Waals surface area contributed by atoms with Crippen LogP contribution in [0.4, 0.5) is 5.69 Å². The normalized spacial score (nSPS) is 14.4. The van der Waals surface area contributed by atoms with E-state index in [9.17, 15) is 9.59 Å². The Bertz CT molecular complexity index is 438. The zero-order valence-corrected chi connectivity index (χ0v) is 10.1. The zero-order chi connectivity index (χ0) is 13.0. The van der Waals surface area contributed by atoms with Crippen LogP contribution in [0, 0.1) is 5.92 Å². The standard InChI is InChI=1S/C11H17N5O2/c12-10(17)7-16-6-9(4-14-16)15-11(18)5-13-3-8-1-2-8/h4,6,8,13H,1-3,5,7H2,(H2,12,17)(H,15,18). The van der Waals surface area contributed by atoms with Gasteiger partial charge in [0.1, 0.15) is 6.54 Å². The molecule has 0 unspecified atom stereocenters. The maximum absolute atomic E-state index is 11.5. The molecular weight excluding hydrogens is 234 g/mol. The number of nitrogens with zero attached hydrogens (tertiary/aromatic N) is 2. The molecule has 0 bridgehead atoms. The topological polar surface area (TPSA) is 102 Å². The Morgan fingerprint density at radius 2 is 2.28 bits per heavy atom. The first-order chi connectivity index (χ1) is 8.63. The van der Waals surface area contributed by atoms with Gasteiger partial charge < -0.3 is 16.4 Å². The third kappa shape index (κ3) is 4.17. The lowest BCUT2D eigenvalue weighted by Crippen LogP contribution is -2.29. The summed E-state index contributed by atoms with van der Waals surface area (Å²) >= 11 is 0. The average Bonchev–Trinajstić information content (AvgIpc) is 3.00. The van der Waals surface area contributed by atoms with Crippen LogP contribution in [0.1, 0.15) is 12.8 Å². The number of hydrogen-bond acceptors (Lipinski definition) is 4. The van der Waals surface area contributed by atoms with Gasteiger partial charge in [-0.3, -0.25) is 14.3 Å². The molecule has 4 N–H and O–H groups in total. The molecule has 1 heterocycles. The fourth-order valence-corrected chi connectivity index (χ4v) is 1.59. The second-order valence-corrected chi connectivity index (χ2v) is 4.52. The van der Waals surface area contributed by atoms with Gasteiger partial charge in [0.15, 0.2) is 0 Å². The van der Waals surface area contributed by atoms with Crippen molar-refractivity contribution in [2.75, 3.05) is 18.4 Å². The third-order valence-electron chi connectivity index (χ3n) is 2.65. The smallest absolute Gasteiger partial charge is 0.239 e. The molecule has 98 valence electrons. The van der Waals surface area contributed by atoms with Gasteiger partial charge in [-0.05, 0) is 25.3 Å². The molecule has 1 aromatic heterocycles. The summed E-state index contributed by atoms with van der Waals surface area (Å²) < 4.78 is 1.38. The number of nitrogens with two attached hydrogens (primary N) is 1. The van der Waals surface area contributed by atoms with Gasteiger partial charge in [-0.2, -0.15) is 5.10 Å². The number of carbonyl (C=O) groups is 2. The number of aromatic nitrogens is 2. The van der Waals surface area contributed by atoms with Gasteiger partial charge in [-0.1, -0.05) is 0 Å². The minimum atomic E-state index is -0.470. The van der Waals surface area contributed by atoms with E-state index in [-0.39, 0.29) is 19.0 Å². The number of hydrogen-bond donors (Lipinski definition) is 3. The van der Waals surface area contributed by atoms with Crippen LogP contribution in [0.25, 0.3) is 0 Å². The quantitative estimate of drug-likeness (QED) is 0.596. The van der Waals surface area contributed by atoms with Crippen LogP contribution in [-0.4, -0.2) is 34.7 Å². The second-order valence-electron chi connectivity index (χ2n) is 4.52. The molecule has 1 fully saturated rings. The van der Waals surface area contributed by atoms with E-state index in [0.29, 0.717) is 5.69 Å². The molecule has 1 aliphatic rings. The van der Waals surface area contributed by atoms with Crippen molar-refractivity contribution in [2.24, 2.45) is 11.7 Å². The summed E-state index contributed by atoms with van der Waals surface area (Å²) in [6, 6.07) is 0. The van der Waals surface area contributed by atoms with E-state index in [0.717, 1.165) is 12.5 Å². The van der Waals surface area contributed by atoms with Crippen molar-refractivity contribution in [3.05, 3.63) is 12.4 Å². The maximum Gasteiger partial charge on any atom is 0.239 e. The molecule has 18 heavy (non-hydrogen) atoms. The molecule has 0 radical (unpaired) electrons. The molecular formula is C11H17N5O2. The lowest BCUT2D eigenvalue weighted by Gasteiger charge is -2.03. The SMILES string of the molecule is NC(=O)Cn1cc(NC(=O)CNCC2CC2)cn1. The van der Waals surface area contributed by atoms with Crippen LogP contribution >= 0.6 is 0 Å². The van der Waals surface area contributed by atoms with Crippen molar-refractivity contribution in [1.82, 2.24) is 15.1 Å². The third-order valence-corrected chi connectivity index (χ3v) is 2.65. The average molecular weight is 251 g/mol. The summed E-state index contributed by atoms with van der Waals surface area (Å²) in [6.07, 6.45) is 5.58. The largest absolute Gasteiger partial charge is 0.368 e. The molecule has 1 aromatic rings. The van der Waals surface area contributed by atoms with E-state index in [2.05, 4.69) is 15.7 Å². The Balaban J connectivity index is 1.71. The van der Waals surface area contributed by atoms with Gasteiger partial charge in [-0.15, -0.1) is 0 Å². The van der Waals surface area contributed by atoms with E-state index in [1.807, 2.05) is 0 Å². The van der Waals surface area contributed by atoms with Crippen LogP contribution in [0.2, 0.25) is 0 Å². The summed E-state index contributed by atoms with van der Waals surface area (Å²) in [5.74, 6) is 0.160. The summed E-state index contributed by atoms with van der Waals surface area (Å²) in [5.41, 5.74) is 5.60. The fourth-order valence-electron chi connectivity index (χ4n) is 1.59. The molecule has 2 rings (SSSR count). The maximum atomic E-state index is 11.5. The Morgan fingerprint density at radius 1 is 1.50 bits per heavy atom. The summed E-state index contributed by atoms with van der Waals surface area (Å²) in [5, 5.41) is 9.69. The molecule has 0 aliphatic heterocycles. The molecule has 7 nitrogen and oxygen atoms in total. The number of nitrogens with one attached hydrogen (secondary N) is 2. The molecule has 0 aromatic carbocycles. The second kappa shape index (κ2) is 5.63. The van der Waals surface area contributed by atoms with Gasteiger partial charge in [0, 0.05) is 6.20 Å². The summed E-state index contributed by atoms with van der Waals surface area (Å²) in [6.45, 7) is 1.20. The van der Waals surface area contributed by atoms with Crippen LogP contribution in [0.15, 0.2) is 12.4 Å². The van der Waals surface area contributed by atoms with Crippen molar-refractivity contribution >= 4 is 17.5 Å². The van der Waals surface area contributed by atoms with Crippen molar-refractivity contribution in [3.8, 4) is 0 Å². The Labute approximate surface area is 105 Å². The fraction of sp³-hybridized carbons (Fsp3) is 0.545. The minimum Gasteiger partial charge on any atom is -0.368 e. The lowest BCUT2D eigenvalue weighted by atomic mass is 10.4. The van der Waals surface area contributed by atoms with Crippen LogP contribution in [0.3, 0.4) is 0 Å². The number of carbonyl (C=O) groups excluding carboxylic acids is 2. The molecule has 0 atom stereocenters. The number of anilines is 1. The van der Waals surface area contributed by atoms with E-state index >= 15 is 0 Å². The minimum absolute atomic E-state index is 0.00972. The molecule has 2 amide bonds. The first kappa shape index (κ1) is 12.6. The predicted molar refractivity (Wildman–Crippen MR) is 65.6 cm³/mol. The first-order valence-electron chi connectivity index (χ1n) is 5.95. The van der Waals surface area contributed by atoms with E-state index in [1.165, 1.54) is 23.7 Å². The van der Waals surface area contributed by atoms with Crippen molar-refractivity contribution in [2.45, 2.75) is 19.4 Å². The monoisotopic (exact) mass is 251 g/mol. The van der Waals surface area contributed by atoms with Gasteiger partial charge in [0.25, 0.3) is 0 Å². The van der Waals surface area contributed by atoms with Gasteiger partial charge in [0.05, 0.1) is 18.4 Å². The highest BCUT2D eigenvalue weighted by Crippen LogP contribution is 2.27. The Morgan fingerprint density at radius 3 is 2.94 bits per heavy atom. The molecule has 0 saturated heterocycles.